The van der Waals surface area contributed by atoms with Crippen LogP contribution in [0.3, 0.4) is 0 Å². The van der Waals surface area contributed by atoms with Crippen LogP contribution >= 0.6 is 11.3 Å². The number of amides is 1. The van der Waals surface area contributed by atoms with Crippen LogP contribution in [-0.2, 0) is 0 Å². The first-order valence-electron chi connectivity index (χ1n) is 5.84. The molecule has 0 saturated carbocycles. The average molecular weight is 263 g/mol. The van der Waals surface area contributed by atoms with E-state index in [9.17, 15) is 4.79 Å². The molecular formula is C12H13N3O2S. The van der Waals surface area contributed by atoms with Crippen LogP contribution in [0.2, 0.25) is 0 Å². The van der Waals surface area contributed by atoms with Crippen molar-refractivity contribution in [2.24, 2.45) is 0 Å². The molecule has 1 saturated heterocycles. The predicted octanol–water partition coefficient (Wildman–Crippen LogP) is 2.95. The Morgan fingerprint density at radius 2 is 2.50 bits per heavy atom. The second kappa shape index (κ2) is 4.45. The predicted molar refractivity (Wildman–Crippen MR) is 68.6 cm³/mol. The van der Waals surface area contributed by atoms with E-state index in [2.05, 4.69) is 9.97 Å². The number of carbonyl (C=O) groups is 1. The van der Waals surface area contributed by atoms with Gasteiger partial charge in [0.1, 0.15) is 5.82 Å². The van der Waals surface area contributed by atoms with E-state index in [1.807, 2.05) is 17.5 Å². The summed E-state index contributed by atoms with van der Waals surface area (Å²) >= 11 is 1.64. The minimum absolute atomic E-state index is 0.129. The van der Waals surface area contributed by atoms with Crippen molar-refractivity contribution in [2.75, 3.05) is 6.54 Å². The zero-order valence-electron chi connectivity index (χ0n) is 9.67. The summed E-state index contributed by atoms with van der Waals surface area (Å²) in [6.45, 7) is 0.592. The number of aromatic amines is 1. The lowest BCUT2D eigenvalue weighted by molar-refractivity contribution is 0.139. The lowest BCUT2D eigenvalue weighted by Crippen LogP contribution is -2.29. The highest BCUT2D eigenvalue weighted by atomic mass is 32.1. The number of nitrogens with zero attached hydrogens (tertiary/aromatic N) is 2. The molecule has 18 heavy (non-hydrogen) atoms. The molecule has 6 heteroatoms. The molecule has 0 aromatic carbocycles. The van der Waals surface area contributed by atoms with Crippen molar-refractivity contribution in [1.29, 1.82) is 0 Å². The lowest BCUT2D eigenvalue weighted by atomic mass is 10.2. The number of hydrogen-bond donors (Lipinski definition) is 2. The molecule has 1 fully saturated rings. The van der Waals surface area contributed by atoms with Crippen molar-refractivity contribution in [3.8, 4) is 10.6 Å². The number of H-pyrrole nitrogens is 1. The van der Waals surface area contributed by atoms with E-state index in [1.54, 1.807) is 17.5 Å². The molecule has 0 bridgehead atoms. The molecule has 2 aromatic rings. The quantitative estimate of drug-likeness (QED) is 0.875. The molecule has 0 spiro atoms. The van der Waals surface area contributed by atoms with E-state index < -0.39 is 6.09 Å². The summed E-state index contributed by atoms with van der Waals surface area (Å²) in [5.41, 5.74) is 0.956. The van der Waals surface area contributed by atoms with Crippen molar-refractivity contribution in [1.82, 2.24) is 14.9 Å². The van der Waals surface area contributed by atoms with Gasteiger partial charge in [0.2, 0.25) is 0 Å². The van der Waals surface area contributed by atoms with Gasteiger partial charge < -0.3 is 10.1 Å². The Hall–Kier alpha value is -1.82. The molecule has 0 aliphatic carbocycles. The van der Waals surface area contributed by atoms with E-state index in [4.69, 9.17) is 5.11 Å². The summed E-state index contributed by atoms with van der Waals surface area (Å²) in [5, 5.41) is 11.1. The Kier molecular flexibility index (Phi) is 2.79. The summed E-state index contributed by atoms with van der Waals surface area (Å²) in [5.74, 6) is 0.748. The van der Waals surface area contributed by atoms with Crippen LogP contribution in [0.25, 0.3) is 10.6 Å². The smallest absolute Gasteiger partial charge is 0.407 e. The Morgan fingerprint density at radius 3 is 3.22 bits per heavy atom. The molecule has 1 atom stereocenters. The fraction of sp³-hybridized carbons (Fsp3) is 0.333. The maximum absolute atomic E-state index is 11.1. The number of nitrogens with one attached hydrogen (secondary N) is 1. The van der Waals surface area contributed by atoms with E-state index >= 15 is 0 Å². The van der Waals surface area contributed by atoms with Crippen molar-refractivity contribution in [2.45, 2.75) is 18.9 Å². The summed E-state index contributed by atoms with van der Waals surface area (Å²) in [6.07, 6.45) is 2.64. The van der Waals surface area contributed by atoms with E-state index in [1.165, 1.54) is 4.90 Å². The number of rotatable bonds is 2. The summed E-state index contributed by atoms with van der Waals surface area (Å²) < 4.78 is 0. The molecule has 0 unspecified atom stereocenters. The number of aromatic nitrogens is 2. The molecule has 1 amide bonds. The number of thiophene rings is 1. The molecular weight excluding hydrogens is 250 g/mol. The molecule has 0 radical (unpaired) electrons. The van der Waals surface area contributed by atoms with Gasteiger partial charge in [-0.15, -0.1) is 11.3 Å². The summed E-state index contributed by atoms with van der Waals surface area (Å²) in [6, 6.07) is 3.88. The molecule has 5 nitrogen and oxygen atoms in total. The van der Waals surface area contributed by atoms with E-state index in [-0.39, 0.29) is 6.04 Å². The summed E-state index contributed by atoms with van der Waals surface area (Å²) in [7, 11) is 0. The Morgan fingerprint density at radius 1 is 1.61 bits per heavy atom. The van der Waals surface area contributed by atoms with E-state index in [0.29, 0.717) is 6.54 Å². The van der Waals surface area contributed by atoms with Gasteiger partial charge in [-0.2, -0.15) is 0 Å². The maximum Gasteiger partial charge on any atom is 0.407 e. The van der Waals surface area contributed by atoms with Crippen LogP contribution in [0.5, 0.6) is 0 Å². The number of likely N-dealkylation sites (tertiary alicyclic amines) is 1. The van der Waals surface area contributed by atoms with Gasteiger partial charge in [-0.1, -0.05) is 6.07 Å². The van der Waals surface area contributed by atoms with Crippen molar-refractivity contribution in [3.05, 3.63) is 29.5 Å². The second-order valence-electron chi connectivity index (χ2n) is 4.29. The highest BCUT2D eigenvalue weighted by molar-refractivity contribution is 7.13. The molecule has 3 heterocycles. The number of hydrogen-bond acceptors (Lipinski definition) is 3. The zero-order chi connectivity index (χ0) is 12.5. The fourth-order valence-corrected chi connectivity index (χ4v) is 3.03. The monoisotopic (exact) mass is 263 g/mol. The third kappa shape index (κ3) is 1.88. The Labute approximate surface area is 108 Å². The molecule has 1 aliphatic rings. The van der Waals surface area contributed by atoms with Crippen molar-refractivity contribution >= 4 is 17.4 Å². The van der Waals surface area contributed by atoms with Crippen LogP contribution in [0.1, 0.15) is 24.7 Å². The van der Waals surface area contributed by atoms with Gasteiger partial charge in [0.05, 0.1) is 22.8 Å². The van der Waals surface area contributed by atoms with Gasteiger partial charge in [-0.25, -0.2) is 9.78 Å². The highest BCUT2D eigenvalue weighted by Gasteiger charge is 2.31. The third-order valence-corrected chi connectivity index (χ3v) is 4.10. The largest absolute Gasteiger partial charge is 0.465 e. The molecule has 94 valence electrons. The lowest BCUT2D eigenvalue weighted by Gasteiger charge is -2.19. The van der Waals surface area contributed by atoms with Crippen LogP contribution in [0.4, 0.5) is 4.79 Å². The van der Waals surface area contributed by atoms with Gasteiger partial charge in [0.25, 0.3) is 0 Å². The van der Waals surface area contributed by atoms with Gasteiger partial charge in [0, 0.05) is 6.54 Å². The van der Waals surface area contributed by atoms with Gasteiger partial charge in [-0.3, -0.25) is 4.90 Å². The average Bonchev–Trinajstić information content (AvgIpc) is 3.10. The van der Waals surface area contributed by atoms with Crippen molar-refractivity contribution in [3.63, 3.8) is 0 Å². The Bertz CT molecular complexity index is 549. The first-order valence-corrected chi connectivity index (χ1v) is 6.72. The second-order valence-corrected chi connectivity index (χ2v) is 5.24. The van der Waals surface area contributed by atoms with Crippen LogP contribution < -0.4 is 0 Å². The Balaban J connectivity index is 1.87. The van der Waals surface area contributed by atoms with Gasteiger partial charge >= 0.3 is 6.09 Å². The van der Waals surface area contributed by atoms with Crippen molar-refractivity contribution < 1.29 is 9.90 Å². The fourth-order valence-electron chi connectivity index (χ4n) is 2.34. The molecule has 3 rings (SSSR count). The third-order valence-electron chi connectivity index (χ3n) is 3.20. The van der Waals surface area contributed by atoms with E-state index in [0.717, 1.165) is 29.2 Å². The molecule has 2 N–H and O–H groups in total. The first kappa shape index (κ1) is 11.3. The normalized spacial score (nSPS) is 19.3. The zero-order valence-corrected chi connectivity index (χ0v) is 10.5. The van der Waals surface area contributed by atoms with Gasteiger partial charge in [-0.05, 0) is 24.3 Å². The molecule has 2 aromatic heterocycles. The minimum atomic E-state index is -0.869. The standard InChI is InChI=1S/C12H13N3O2S/c16-12(17)15-5-1-3-9(15)11-13-7-8(14-11)10-4-2-6-18-10/h2,4,6-7,9H,1,3,5H2,(H,13,14)(H,16,17)/t9-/m0/s1. The topological polar surface area (TPSA) is 69.2 Å². The van der Waals surface area contributed by atoms with Crippen LogP contribution in [0, 0.1) is 0 Å². The highest BCUT2D eigenvalue weighted by Crippen LogP contribution is 2.32. The summed E-state index contributed by atoms with van der Waals surface area (Å²) in [4.78, 5) is 21.3. The first-order chi connectivity index (χ1) is 8.75. The number of imidazole rings is 1. The maximum atomic E-state index is 11.1. The number of carboxylic acid groups (broad SMARTS) is 1. The van der Waals surface area contributed by atoms with Crippen LogP contribution in [-0.4, -0.2) is 32.6 Å². The SMILES string of the molecule is O=C(O)N1CCC[C@H]1c1ncc(-c2cccs2)[nH]1. The van der Waals surface area contributed by atoms with Crippen LogP contribution in [0.15, 0.2) is 23.7 Å². The van der Waals surface area contributed by atoms with Gasteiger partial charge in [0.15, 0.2) is 0 Å². The minimum Gasteiger partial charge on any atom is -0.465 e. The molecule has 1 aliphatic heterocycles.